The number of sulfonamides is 1. The number of hydrogen-bond donors (Lipinski definition) is 2. The van der Waals surface area contributed by atoms with Crippen LogP contribution in [-0.2, 0) is 14.8 Å². The van der Waals surface area contributed by atoms with Gasteiger partial charge < -0.3 is 14.9 Å². The topological polar surface area (TPSA) is 129 Å². The minimum absolute atomic E-state index is 0.0347. The number of hydrogen-bond acceptors (Lipinski definition) is 8. The van der Waals surface area contributed by atoms with Crippen LogP contribution in [-0.4, -0.2) is 61.9 Å². The predicted octanol–water partition coefficient (Wildman–Crippen LogP) is 2.11. The number of rotatable bonds is 5. The second kappa shape index (κ2) is 8.40. The van der Waals surface area contributed by atoms with Crippen molar-refractivity contribution in [2.24, 2.45) is 9.50 Å². The van der Waals surface area contributed by atoms with Crippen LogP contribution in [0.2, 0.25) is 0 Å². The minimum atomic E-state index is -3.89. The molecule has 0 unspecified atom stereocenters. The molecule has 0 amide bonds. The highest BCUT2D eigenvalue weighted by atomic mass is 32.2. The van der Waals surface area contributed by atoms with Crippen molar-refractivity contribution in [2.45, 2.75) is 4.90 Å². The summed E-state index contributed by atoms with van der Waals surface area (Å²) in [6, 6.07) is 14.9. The molecule has 0 saturated heterocycles. The fourth-order valence-corrected chi connectivity index (χ4v) is 4.68. The van der Waals surface area contributed by atoms with Gasteiger partial charge in [0.25, 0.3) is 10.0 Å². The van der Waals surface area contributed by atoms with Gasteiger partial charge in [0.15, 0.2) is 5.84 Å². The van der Waals surface area contributed by atoms with Crippen LogP contribution in [0.15, 0.2) is 69.0 Å². The summed E-state index contributed by atoms with van der Waals surface area (Å²) in [6.07, 6.45) is 1.30. The third-order valence-corrected chi connectivity index (χ3v) is 6.29. The van der Waals surface area contributed by atoms with Crippen molar-refractivity contribution >= 4 is 38.8 Å². The van der Waals surface area contributed by atoms with Gasteiger partial charge in [-0.2, -0.15) is 13.5 Å². The number of aliphatic hydroxyl groups is 1. The average molecular weight is 453 g/mol. The number of aliphatic hydroxyl groups excluding tert-OH is 1. The molecular weight excluding hydrogens is 434 g/mol. The van der Waals surface area contributed by atoms with E-state index in [-0.39, 0.29) is 40.8 Å². The highest BCUT2D eigenvalue weighted by molar-refractivity contribution is 7.90. The Labute approximate surface area is 183 Å². The van der Waals surface area contributed by atoms with Crippen molar-refractivity contribution in [2.75, 3.05) is 20.3 Å². The van der Waals surface area contributed by atoms with Gasteiger partial charge in [0, 0.05) is 11.1 Å². The van der Waals surface area contributed by atoms with Gasteiger partial charge >= 0.3 is 5.97 Å². The Morgan fingerprint density at radius 1 is 1.19 bits per heavy atom. The molecule has 32 heavy (non-hydrogen) atoms. The van der Waals surface area contributed by atoms with E-state index in [9.17, 15) is 23.4 Å². The molecule has 3 aromatic rings. The number of benzene rings is 3. The molecule has 0 fully saturated rings. The largest absolute Gasteiger partial charge is 0.506 e. The average Bonchev–Trinajstić information content (AvgIpc) is 3.07. The molecule has 0 spiro atoms. The summed E-state index contributed by atoms with van der Waals surface area (Å²) >= 11 is 0. The quantitative estimate of drug-likeness (QED) is 0.344. The molecule has 0 bridgehead atoms. The first kappa shape index (κ1) is 21.5. The predicted molar refractivity (Wildman–Crippen MR) is 119 cm³/mol. The van der Waals surface area contributed by atoms with Crippen molar-refractivity contribution < 1.29 is 28.2 Å². The summed E-state index contributed by atoms with van der Waals surface area (Å²) in [5.74, 6) is -0.987. The summed E-state index contributed by atoms with van der Waals surface area (Å²) in [7, 11) is -2.67. The standard InChI is InChI=1S/C22H19N3O6S/c1-31-22(28)17-12-14-6-2-3-7-15(14)18(20(17)27)13-23-25(10-11-26)21-16-8-4-5-9-19(16)32(29,30)24-21/h2-9,12-13,26-27H,10-11H2,1H3/b23-13-. The lowest BCUT2D eigenvalue weighted by Crippen LogP contribution is -2.29. The van der Waals surface area contributed by atoms with E-state index in [1.807, 2.05) is 0 Å². The van der Waals surface area contributed by atoms with Crippen LogP contribution in [0.4, 0.5) is 0 Å². The van der Waals surface area contributed by atoms with Crippen molar-refractivity contribution in [3.05, 3.63) is 71.3 Å². The Morgan fingerprint density at radius 2 is 1.91 bits per heavy atom. The minimum Gasteiger partial charge on any atom is -0.506 e. The summed E-state index contributed by atoms with van der Waals surface area (Å²) in [5.41, 5.74) is 0.559. The Hall–Kier alpha value is -3.76. The Bertz CT molecular complexity index is 1380. The van der Waals surface area contributed by atoms with Gasteiger partial charge in [0.05, 0.1) is 26.5 Å². The van der Waals surface area contributed by atoms with Gasteiger partial charge in [-0.05, 0) is 29.0 Å². The van der Waals surface area contributed by atoms with E-state index in [1.54, 1.807) is 42.5 Å². The van der Waals surface area contributed by atoms with Crippen molar-refractivity contribution in [1.82, 2.24) is 5.01 Å². The number of methoxy groups -OCH3 is 1. The SMILES string of the molecule is COC(=O)c1cc2ccccc2c(/C=N\N(CCO)C2=NS(=O)(=O)c3ccccc32)c1O. The van der Waals surface area contributed by atoms with Crippen LogP contribution in [0.5, 0.6) is 5.75 Å². The van der Waals surface area contributed by atoms with E-state index in [0.717, 1.165) is 0 Å². The second-order valence-electron chi connectivity index (χ2n) is 6.88. The smallest absolute Gasteiger partial charge is 0.341 e. The summed E-state index contributed by atoms with van der Waals surface area (Å²) in [4.78, 5) is 12.2. The zero-order valence-corrected chi connectivity index (χ0v) is 17.8. The Balaban J connectivity index is 1.84. The molecule has 1 aliphatic rings. The number of carbonyl (C=O) groups is 1. The summed E-state index contributed by atoms with van der Waals surface area (Å²) < 4.78 is 33.4. The molecular formula is C22H19N3O6S. The van der Waals surface area contributed by atoms with E-state index >= 15 is 0 Å². The van der Waals surface area contributed by atoms with Crippen LogP contribution in [0.25, 0.3) is 10.8 Å². The monoisotopic (exact) mass is 453 g/mol. The van der Waals surface area contributed by atoms with Gasteiger partial charge in [-0.1, -0.05) is 36.4 Å². The van der Waals surface area contributed by atoms with Gasteiger partial charge in [-0.25, -0.2) is 9.80 Å². The van der Waals surface area contributed by atoms with Crippen LogP contribution >= 0.6 is 0 Å². The second-order valence-corrected chi connectivity index (χ2v) is 8.45. The number of carbonyl (C=O) groups excluding carboxylic acids is 1. The molecule has 10 heteroatoms. The zero-order valence-electron chi connectivity index (χ0n) is 17.0. The first-order valence-corrected chi connectivity index (χ1v) is 11.0. The van der Waals surface area contributed by atoms with Crippen LogP contribution in [0.3, 0.4) is 0 Å². The molecule has 1 heterocycles. The van der Waals surface area contributed by atoms with Crippen molar-refractivity contribution in [1.29, 1.82) is 0 Å². The first-order valence-electron chi connectivity index (χ1n) is 9.57. The lowest BCUT2D eigenvalue weighted by molar-refractivity contribution is 0.0597. The van der Waals surface area contributed by atoms with E-state index in [2.05, 4.69) is 9.50 Å². The third kappa shape index (κ3) is 3.70. The van der Waals surface area contributed by atoms with Crippen molar-refractivity contribution in [3.63, 3.8) is 0 Å². The number of ether oxygens (including phenoxy) is 1. The number of nitrogens with zero attached hydrogens (tertiary/aromatic N) is 3. The van der Waals surface area contributed by atoms with Crippen LogP contribution < -0.4 is 0 Å². The lowest BCUT2D eigenvalue weighted by Gasteiger charge is -2.18. The number of phenols is 1. The molecule has 0 atom stereocenters. The number of phenolic OH excluding ortho intramolecular Hbond substituents is 1. The number of amidine groups is 1. The normalized spacial score (nSPS) is 14.4. The van der Waals surface area contributed by atoms with Crippen LogP contribution in [0, 0.1) is 0 Å². The summed E-state index contributed by atoms with van der Waals surface area (Å²) in [6.45, 7) is -0.373. The maximum absolute atomic E-state index is 12.4. The number of esters is 1. The Kier molecular flexibility index (Phi) is 5.64. The van der Waals surface area contributed by atoms with Crippen LogP contribution in [0.1, 0.15) is 21.5 Å². The van der Waals surface area contributed by atoms with E-state index in [4.69, 9.17) is 4.74 Å². The molecule has 4 rings (SSSR count). The van der Waals surface area contributed by atoms with Gasteiger partial charge in [0.1, 0.15) is 16.2 Å². The highest BCUT2D eigenvalue weighted by Crippen LogP contribution is 2.31. The van der Waals surface area contributed by atoms with Gasteiger partial charge in [-0.15, -0.1) is 4.40 Å². The summed E-state index contributed by atoms with van der Waals surface area (Å²) in [5, 5.41) is 27.1. The number of hydrazone groups is 1. The maximum atomic E-state index is 12.4. The maximum Gasteiger partial charge on any atom is 0.341 e. The number of fused-ring (bicyclic) bond motifs is 2. The molecule has 0 aliphatic carbocycles. The molecule has 0 radical (unpaired) electrons. The third-order valence-electron chi connectivity index (χ3n) is 4.96. The van der Waals surface area contributed by atoms with E-state index < -0.39 is 16.0 Å². The molecule has 2 N–H and O–H groups in total. The molecule has 1 aliphatic heterocycles. The molecule has 3 aromatic carbocycles. The molecule has 0 aromatic heterocycles. The zero-order chi connectivity index (χ0) is 22.9. The van der Waals surface area contributed by atoms with Gasteiger partial charge in [0.2, 0.25) is 0 Å². The lowest BCUT2D eigenvalue weighted by atomic mass is 10.00. The molecule has 164 valence electrons. The fourth-order valence-electron chi connectivity index (χ4n) is 3.48. The Morgan fingerprint density at radius 3 is 2.66 bits per heavy atom. The highest BCUT2D eigenvalue weighted by Gasteiger charge is 2.31. The van der Waals surface area contributed by atoms with Crippen molar-refractivity contribution in [3.8, 4) is 5.75 Å². The van der Waals surface area contributed by atoms with Gasteiger partial charge in [-0.3, -0.25) is 0 Å². The van der Waals surface area contributed by atoms with E-state index in [1.165, 1.54) is 30.5 Å². The first-order chi connectivity index (χ1) is 15.4. The fraction of sp³-hybridized carbons (Fsp3) is 0.136. The number of aromatic hydroxyl groups is 1. The molecule has 0 saturated carbocycles. The molecule has 9 nitrogen and oxygen atoms in total. The van der Waals surface area contributed by atoms with E-state index in [0.29, 0.717) is 16.3 Å².